The molecule has 25 heavy (non-hydrogen) atoms. The van der Waals surface area contributed by atoms with Gasteiger partial charge in [0, 0.05) is 25.8 Å². The van der Waals surface area contributed by atoms with Gasteiger partial charge in [-0.25, -0.2) is 9.97 Å². The van der Waals surface area contributed by atoms with E-state index >= 15 is 0 Å². The summed E-state index contributed by atoms with van der Waals surface area (Å²) < 4.78 is 10.8. The summed E-state index contributed by atoms with van der Waals surface area (Å²) >= 11 is 0. The Morgan fingerprint density at radius 2 is 2.04 bits per heavy atom. The van der Waals surface area contributed by atoms with Crippen LogP contribution in [0.5, 0.6) is 0 Å². The maximum Gasteiger partial charge on any atom is 0.225 e. The van der Waals surface area contributed by atoms with E-state index in [9.17, 15) is 10.2 Å². The van der Waals surface area contributed by atoms with Crippen LogP contribution in [0.1, 0.15) is 19.0 Å². The lowest BCUT2D eigenvalue weighted by Gasteiger charge is -2.39. The van der Waals surface area contributed by atoms with Gasteiger partial charge in [-0.1, -0.05) is 6.92 Å². The lowest BCUT2D eigenvalue weighted by molar-refractivity contribution is -0.134. The fourth-order valence-corrected chi connectivity index (χ4v) is 3.33. The molecule has 0 bridgehead atoms. The number of anilines is 1. The topological polar surface area (TPSA) is 91.2 Å². The van der Waals surface area contributed by atoms with Gasteiger partial charge in [-0.15, -0.1) is 0 Å². The predicted molar refractivity (Wildman–Crippen MR) is 92.4 cm³/mol. The van der Waals surface area contributed by atoms with Gasteiger partial charge < -0.3 is 24.6 Å². The van der Waals surface area contributed by atoms with E-state index in [4.69, 9.17) is 14.5 Å². The number of rotatable bonds is 6. The minimum atomic E-state index is -0.840. The van der Waals surface area contributed by atoms with Crippen LogP contribution >= 0.6 is 0 Å². The third kappa shape index (κ3) is 4.65. The van der Waals surface area contributed by atoms with Crippen molar-refractivity contribution < 1.29 is 19.7 Å². The Balaban J connectivity index is 1.71. The van der Waals surface area contributed by atoms with Crippen LogP contribution in [-0.2, 0) is 16.0 Å². The summed E-state index contributed by atoms with van der Waals surface area (Å²) in [6.07, 6.45) is 1.08. The lowest BCUT2D eigenvalue weighted by Crippen LogP contribution is -2.55. The van der Waals surface area contributed by atoms with Gasteiger partial charge >= 0.3 is 0 Å². The molecule has 140 valence electrons. The fourth-order valence-electron chi connectivity index (χ4n) is 3.33. The molecular weight excluding hydrogens is 324 g/mol. The molecule has 3 heterocycles. The second-order valence-corrected chi connectivity index (χ2v) is 6.58. The van der Waals surface area contributed by atoms with Gasteiger partial charge in [0.25, 0.3) is 0 Å². The van der Waals surface area contributed by atoms with Crippen LogP contribution in [0.2, 0.25) is 0 Å². The van der Waals surface area contributed by atoms with E-state index in [0.29, 0.717) is 26.4 Å². The Bertz CT molecular complexity index is 541. The van der Waals surface area contributed by atoms with E-state index in [1.165, 1.54) is 0 Å². The van der Waals surface area contributed by atoms with Gasteiger partial charge in [0.15, 0.2) is 0 Å². The third-order valence-corrected chi connectivity index (χ3v) is 4.71. The van der Waals surface area contributed by atoms with Crippen molar-refractivity contribution in [2.75, 3.05) is 51.0 Å². The lowest BCUT2D eigenvalue weighted by atomic mass is 10.0. The normalized spacial score (nSPS) is 27.7. The average molecular weight is 352 g/mol. The molecule has 0 amide bonds. The number of nitrogens with zero attached hydrogens (tertiary/aromatic N) is 4. The Hall–Kier alpha value is -1.32. The summed E-state index contributed by atoms with van der Waals surface area (Å²) in [6.45, 7) is 7.07. The summed E-state index contributed by atoms with van der Waals surface area (Å²) in [5.74, 6) is 0.720. The monoisotopic (exact) mass is 352 g/mol. The minimum Gasteiger partial charge on any atom is -0.389 e. The van der Waals surface area contributed by atoms with Gasteiger partial charge in [-0.3, -0.25) is 4.90 Å². The first-order valence-electron chi connectivity index (χ1n) is 9.01. The molecule has 2 N–H and O–H groups in total. The van der Waals surface area contributed by atoms with E-state index in [2.05, 4.69) is 21.7 Å². The number of morpholine rings is 1. The fraction of sp³-hybridized carbons (Fsp3) is 0.765. The molecule has 2 aliphatic rings. The van der Waals surface area contributed by atoms with Crippen molar-refractivity contribution in [1.82, 2.24) is 14.9 Å². The van der Waals surface area contributed by atoms with Gasteiger partial charge in [0.2, 0.25) is 5.95 Å². The van der Waals surface area contributed by atoms with Gasteiger partial charge in [0.05, 0.1) is 44.3 Å². The van der Waals surface area contributed by atoms with Crippen molar-refractivity contribution in [2.45, 2.75) is 38.1 Å². The molecule has 1 aromatic rings. The molecule has 0 spiro atoms. The Kier molecular flexibility index (Phi) is 6.55. The number of aliphatic hydroxyl groups is 2. The zero-order chi connectivity index (χ0) is 17.6. The van der Waals surface area contributed by atoms with Crippen LogP contribution in [0.15, 0.2) is 12.3 Å². The summed E-state index contributed by atoms with van der Waals surface area (Å²) in [5, 5.41) is 20.2. The maximum atomic E-state index is 10.3. The van der Waals surface area contributed by atoms with Gasteiger partial charge in [-0.2, -0.15) is 0 Å². The zero-order valence-electron chi connectivity index (χ0n) is 14.8. The molecule has 3 atom stereocenters. The number of aromatic nitrogens is 2. The molecule has 0 aliphatic carbocycles. The molecule has 0 aromatic carbocycles. The third-order valence-electron chi connectivity index (χ3n) is 4.71. The molecule has 8 heteroatoms. The molecule has 2 aliphatic heterocycles. The Morgan fingerprint density at radius 3 is 2.80 bits per heavy atom. The first-order valence-corrected chi connectivity index (χ1v) is 9.01. The second kappa shape index (κ2) is 8.86. The highest BCUT2D eigenvalue weighted by Crippen LogP contribution is 2.19. The molecular formula is C17H28N4O4. The smallest absolute Gasteiger partial charge is 0.225 e. The molecule has 3 rings (SSSR count). The number of ether oxygens (including phenoxy) is 2. The number of hydrogen-bond donors (Lipinski definition) is 2. The van der Waals surface area contributed by atoms with Crippen molar-refractivity contribution in [3.8, 4) is 0 Å². The molecule has 2 saturated heterocycles. The molecule has 0 saturated carbocycles. The van der Waals surface area contributed by atoms with Crippen molar-refractivity contribution in [3.05, 3.63) is 18.0 Å². The summed E-state index contributed by atoms with van der Waals surface area (Å²) in [7, 11) is 0. The van der Waals surface area contributed by atoms with E-state index in [1.54, 1.807) is 6.20 Å². The largest absolute Gasteiger partial charge is 0.389 e. The molecule has 2 fully saturated rings. The second-order valence-electron chi connectivity index (χ2n) is 6.58. The highest BCUT2D eigenvalue weighted by molar-refractivity contribution is 5.30. The highest BCUT2D eigenvalue weighted by Gasteiger charge is 2.35. The number of aliphatic hydroxyl groups excluding tert-OH is 2. The minimum absolute atomic E-state index is 0.187. The van der Waals surface area contributed by atoms with Crippen LogP contribution in [0.3, 0.4) is 0 Å². The standard InChI is InChI=1S/C17H28N4O4/c1-2-5-21(14-11-25-12-15(22)16(14)23)10-13-3-4-18-17(19-13)20-6-8-24-9-7-20/h3-4,14-16,22-23H,2,5-12H2,1H3/t14-,15-,16+/m1/s1. The van der Waals surface area contributed by atoms with E-state index in [1.807, 2.05) is 6.07 Å². The van der Waals surface area contributed by atoms with Crippen LogP contribution in [0.4, 0.5) is 5.95 Å². The van der Waals surface area contributed by atoms with Crippen molar-refractivity contribution in [1.29, 1.82) is 0 Å². The quantitative estimate of drug-likeness (QED) is 0.718. The Labute approximate surface area is 148 Å². The molecule has 0 radical (unpaired) electrons. The Morgan fingerprint density at radius 1 is 1.24 bits per heavy atom. The molecule has 0 unspecified atom stereocenters. The molecule has 1 aromatic heterocycles. The maximum absolute atomic E-state index is 10.3. The SMILES string of the molecule is CCCN(Cc1ccnc(N2CCOCC2)n1)[C@@H]1COC[C@@H](O)[C@H]1O. The van der Waals surface area contributed by atoms with E-state index in [0.717, 1.165) is 37.7 Å². The van der Waals surface area contributed by atoms with Crippen molar-refractivity contribution in [3.63, 3.8) is 0 Å². The predicted octanol–water partition coefficient (Wildman–Crippen LogP) is -0.354. The van der Waals surface area contributed by atoms with Crippen LogP contribution in [0.25, 0.3) is 0 Å². The zero-order valence-corrected chi connectivity index (χ0v) is 14.8. The summed E-state index contributed by atoms with van der Waals surface area (Å²) in [4.78, 5) is 13.3. The van der Waals surface area contributed by atoms with Crippen molar-refractivity contribution >= 4 is 5.95 Å². The van der Waals surface area contributed by atoms with Crippen LogP contribution in [0, 0.1) is 0 Å². The first-order chi connectivity index (χ1) is 12.2. The van der Waals surface area contributed by atoms with E-state index < -0.39 is 12.2 Å². The van der Waals surface area contributed by atoms with Crippen LogP contribution < -0.4 is 4.90 Å². The number of hydrogen-bond acceptors (Lipinski definition) is 8. The van der Waals surface area contributed by atoms with Gasteiger partial charge in [-0.05, 0) is 19.0 Å². The van der Waals surface area contributed by atoms with Crippen molar-refractivity contribution in [2.24, 2.45) is 0 Å². The summed E-state index contributed by atoms with van der Waals surface area (Å²) in [6, 6.07) is 1.67. The van der Waals surface area contributed by atoms with Crippen LogP contribution in [-0.4, -0.2) is 89.4 Å². The average Bonchev–Trinajstić information content (AvgIpc) is 2.65. The summed E-state index contributed by atoms with van der Waals surface area (Å²) in [5.41, 5.74) is 0.900. The first kappa shape index (κ1) is 18.5. The van der Waals surface area contributed by atoms with E-state index in [-0.39, 0.29) is 12.6 Å². The molecule has 8 nitrogen and oxygen atoms in total. The van der Waals surface area contributed by atoms with Gasteiger partial charge in [0.1, 0.15) is 6.10 Å². The highest BCUT2D eigenvalue weighted by atomic mass is 16.5.